The van der Waals surface area contributed by atoms with Crippen LogP contribution in [0.3, 0.4) is 0 Å². The van der Waals surface area contributed by atoms with Crippen LogP contribution in [0.5, 0.6) is 0 Å². The van der Waals surface area contributed by atoms with Crippen molar-refractivity contribution in [2.24, 2.45) is 11.8 Å². The van der Waals surface area contributed by atoms with Gasteiger partial charge in [-0.05, 0) is 30.0 Å². The van der Waals surface area contributed by atoms with E-state index in [1.165, 1.54) is 6.07 Å². The second-order valence-electron chi connectivity index (χ2n) is 6.21. The molecule has 0 spiro atoms. The zero-order chi connectivity index (χ0) is 18.5. The predicted octanol–water partition coefficient (Wildman–Crippen LogP) is 1.91. The molecule has 0 heterocycles. The van der Waals surface area contributed by atoms with E-state index in [9.17, 15) is 22.6 Å². The molecule has 0 radical (unpaired) electrons. The number of benzene rings is 1. The van der Waals surface area contributed by atoms with Crippen LogP contribution in [0.2, 0.25) is 0 Å². The van der Waals surface area contributed by atoms with Gasteiger partial charge in [-0.15, -0.1) is 0 Å². The fourth-order valence-electron chi connectivity index (χ4n) is 1.64. The first-order valence-corrected chi connectivity index (χ1v) is 8.91. The molecule has 1 rings (SSSR count). The molecule has 0 amide bonds. The van der Waals surface area contributed by atoms with E-state index in [0.717, 1.165) is 12.1 Å². The molecule has 1 N–H and O–H groups in total. The molecule has 9 heteroatoms. The van der Waals surface area contributed by atoms with Crippen LogP contribution < -0.4 is 0 Å². The van der Waals surface area contributed by atoms with Crippen LogP contribution in [0.4, 0.5) is 0 Å². The van der Waals surface area contributed by atoms with Gasteiger partial charge in [0.25, 0.3) is 10.1 Å². The van der Waals surface area contributed by atoms with E-state index in [4.69, 9.17) is 9.47 Å². The third-order valence-corrected chi connectivity index (χ3v) is 3.60. The van der Waals surface area contributed by atoms with Crippen molar-refractivity contribution in [3.05, 3.63) is 29.3 Å². The van der Waals surface area contributed by atoms with Gasteiger partial charge in [0.1, 0.15) is 0 Å². The molecule has 0 fully saturated rings. The van der Waals surface area contributed by atoms with Crippen LogP contribution in [-0.2, 0) is 19.6 Å². The molecule has 1 aromatic rings. The Labute approximate surface area is 160 Å². The average Bonchev–Trinajstić information content (AvgIpc) is 2.48. The standard InChI is InChI=1S/C16H22O7S.Li.H/c1-10(2)8-22-15(17)12-5-13(16(18)23-9-11(3)4)7-14(6-12)24(19,20)21;;/h5-7,10-11H,8-9H2,1-4H3,(H,19,20,21);;. The summed E-state index contributed by atoms with van der Waals surface area (Å²) in [5.74, 6) is -1.39. The predicted molar refractivity (Wildman–Crippen MR) is 93.6 cm³/mol. The summed E-state index contributed by atoms with van der Waals surface area (Å²) in [5.41, 5.74) is -0.301. The topological polar surface area (TPSA) is 107 Å². The van der Waals surface area contributed by atoms with E-state index in [1.807, 2.05) is 27.7 Å². The molecular weight excluding hydrogens is 343 g/mol. The zero-order valence-electron chi connectivity index (χ0n) is 14.1. The van der Waals surface area contributed by atoms with E-state index >= 15 is 0 Å². The average molecular weight is 366 g/mol. The van der Waals surface area contributed by atoms with Crippen LogP contribution in [0.15, 0.2) is 23.1 Å². The first kappa shape index (κ1) is 23.7. The maximum absolute atomic E-state index is 12.0. The van der Waals surface area contributed by atoms with Gasteiger partial charge in [0.15, 0.2) is 0 Å². The molecule has 0 saturated heterocycles. The van der Waals surface area contributed by atoms with Gasteiger partial charge >= 0.3 is 30.8 Å². The van der Waals surface area contributed by atoms with Crippen molar-refractivity contribution in [2.75, 3.05) is 13.2 Å². The first-order valence-electron chi connectivity index (χ1n) is 7.47. The van der Waals surface area contributed by atoms with Crippen LogP contribution >= 0.6 is 0 Å². The van der Waals surface area contributed by atoms with Gasteiger partial charge in [0.05, 0.1) is 29.2 Å². The fraction of sp³-hybridized carbons (Fsp3) is 0.500. The Hall–Kier alpha value is -1.33. The van der Waals surface area contributed by atoms with Gasteiger partial charge in [-0.25, -0.2) is 9.59 Å². The number of esters is 2. The van der Waals surface area contributed by atoms with Crippen LogP contribution in [0.1, 0.15) is 48.4 Å². The van der Waals surface area contributed by atoms with E-state index < -0.39 is 27.0 Å². The molecule has 136 valence electrons. The van der Waals surface area contributed by atoms with Crippen molar-refractivity contribution in [3.8, 4) is 0 Å². The molecule has 0 aliphatic carbocycles. The Morgan fingerprint density at radius 3 is 1.56 bits per heavy atom. The Kier molecular flexibility index (Phi) is 9.44. The summed E-state index contributed by atoms with van der Waals surface area (Å²) < 4.78 is 42.0. The Bertz CT molecular complexity index is 669. The van der Waals surface area contributed by atoms with Gasteiger partial charge in [0.2, 0.25) is 0 Å². The Morgan fingerprint density at radius 1 is 0.920 bits per heavy atom. The summed E-state index contributed by atoms with van der Waals surface area (Å²) in [6.45, 7) is 7.66. The van der Waals surface area contributed by atoms with Gasteiger partial charge in [-0.2, -0.15) is 8.42 Å². The van der Waals surface area contributed by atoms with Gasteiger partial charge < -0.3 is 9.47 Å². The summed E-state index contributed by atoms with van der Waals surface area (Å²) in [4.78, 5) is 23.5. The van der Waals surface area contributed by atoms with E-state index in [-0.39, 0.29) is 55.0 Å². The molecular formula is C16H23LiO7S. The molecule has 0 aliphatic rings. The number of carbonyl (C=O) groups excluding carboxylic acids is 2. The molecule has 0 unspecified atom stereocenters. The van der Waals surface area contributed by atoms with Crippen molar-refractivity contribution < 1.29 is 32.0 Å². The van der Waals surface area contributed by atoms with E-state index in [1.54, 1.807) is 0 Å². The molecule has 25 heavy (non-hydrogen) atoms. The molecule has 0 atom stereocenters. The number of carbonyl (C=O) groups is 2. The Balaban J connectivity index is 0.00000576. The Morgan fingerprint density at radius 2 is 1.28 bits per heavy atom. The molecule has 0 aliphatic heterocycles. The van der Waals surface area contributed by atoms with Crippen molar-refractivity contribution in [1.82, 2.24) is 0 Å². The minimum atomic E-state index is -4.59. The molecule has 0 bridgehead atoms. The van der Waals surface area contributed by atoms with Crippen molar-refractivity contribution in [2.45, 2.75) is 32.6 Å². The van der Waals surface area contributed by atoms with Crippen molar-refractivity contribution in [1.29, 1.82) is 0 Å². The van der Waals surface area contributed by atoms with Gasteiger partial charge in [0, 0.05) is 0 Å². The summed E-state index contributed by atoms with van der Waals surface area (Å²) in [7, 11) is -4.59. The van der Waals surface area contributed by atoms with E-state index in [0.29, 0.717) is 0 Å². The first-order chi connectivity index (χ1) is 11.0. The van der Waals surface area contributed by atoms with Crippen LogP contribution in [-0.4, -0.2) is 57.0 Å². The molecule has 0 aromatic heterocycles. The monoisotopic (exact) mass is 366 g/mol. The number of hydrogen-bond acceptors (Lipinski definition) is 6. The number of hydrogen-bond donors (Lipinski definition) is 1. The molecule has 1 aromatic carbocycles. The van der Waals surface area contributed by atoms with E-state index in [2.05, 4.69) is 0 Å². The minimum absolute atomic E-state index is 0. The van der Waals surface area contributed by atoms with Gasteiger partial charge in [-0.3, -0.25) is 4.55 Å². The third kappa shape index (κ3) is 8.06. The maximum atomic E-state index is 12.0. The normalized spacial score (nSPS) is 11.2. The van der Waals surface area contributed by atoms with Crippen molar-refractivity contribution >= 4 is 40.9 Å². The number of rotatable bonds is 7. The SMILES string of the molecule is CC(C)COC(=O)c1cc(C(=O)OCC(C)C)cc(S(=O)(=O)O)c1.[LiH]. The fourth-order valence-corrected chi connectivity index (χ4v) is 2.19. The number of ether oxygens (including phenoxy) is 2. The third-order valence-electron chi connectivity index (χ3n) is 2.77. The van der Waals surface area contributed by atoms with Crippen LogP contribution in [0.25, 0.3) is 0 Å². The summed E-state index contributed by atoms with van der Waals surface area (Å²) in [6, 6.07) is 3.09. The van der Waals surface area contributed by atoms with Crippen molar-refractivity contribution in [3.63, 3.8) is 0 Å². The molecule has 7 nitrogen and oxygen atoms in total. The molecule has 0 saturated carbocycles. The second-order valence-corrected chi connectivity index (χ2v) is 7.63. The zero-order valence-corrected chi connectivity index (χ0v) is 14.9. The summed E-state index contributed by atoms with van der Waals surface area (Å²) in [5, 5.41) is 0. The van der Waals surface area contributed by atoms with Gasteiger partial charge in [-0.1, -0.05) is 27.7 Å². The summed E-state index contributed by atoms with van der Waals surface area (Å²) >= 11 is 0. The second kappa shape index (κ2) is 9.97. The van der Waals surface area contributed by atoms with Crippen LogP contribution in [0, 0.1) is 11.8 Å². The summed E-state index contributed by atoms with van der Waals surface area (Å²) in [6.07, 6.45) is 0. The quantitative estimate of drug-likeness (QED) is 0.446.